The van der Waals surface area contributed by atoms with Gasteiger partial charge in [-0.05, 0) is 57.7 Å². The third-order valence-electron chi connectivity index (χ3n) is 6.27. The minimum atomic E-state index is -1.37. The molecule has 29 heavy (non-hydrogen) atoms. The van der Waals surface area contributed by atoms with Crippen LogP contribution in [0.1, 0.15) is 39.0 Å². The molecule has 9 unspecified atom stereocenters. The Morgan fingerprint density at radius 1 is 1.34 bits per heavy atom. The number of allylic oxidation sites excluding steroid dienone is 2. The Morgan fingerprint density at radius 3 is 2.66 bits per heavy atom. The molecule has 9 heteroatoms. The molecule has 0 aromatic rings. The molecule has 9 atom stereocenters. The number of rotatable bonds is 7. The van der Waals surface area contributed by atoms with Crippen LogP contribution in [-0.4, -0.2) is 81.3 Å². The van der Waals surface area contributed by atoms with Crippen molar-refractivity contribution < 1.29 is 24.9 Å². The summed E-state index contributed by atoms with van der Waals surface area (Å²) in [5.41, 5.74) is 0.822. The van der Waals surface area contributed by atoms with Crippen LogP contribution >= 0.6 is 23.4 Å². The Morgan fingerprint density at radius 2 is 2.07 bits per heavy atom. The highest BCUT2D eigenvalue weighted by molar-refractivity contribution is 7.99. The van der Waals surface area contributed by atoms with Crippen molar-refractivity contribution in [3.8, 4) is 0 Å². The number of halogens is 1. The molecule has 1 saturated carbocycles. The van der Waals surface area contributed by atoms with Crippen LogP contribution in [0, 0.1) is 5.92 Å². The maximum absolute atomic E-state index is 12.9. The predicted octanol–water partition coefficient (Wildman–Crippen LogP) is 0.748. The third-order valence-corrected chi connectivity index (χ3v) is 7.40. The van der Waals surface area contributed by atoms with Gasteiger partial charge < -0.3 is 30.7 Å². The number of carbonyl (C=O) groups is 1. The third kappa shape index (κ3) is 5.47. The summed E-state index contributed by atoms with van der Waals surface area (Å²) >= 11 is 7.55. The van der Waals surface area contributed by atoms with E-state index in [9.17, 15) is 20.1 Å². The number of aliphatic hydroxyl groups excluding tert-OH is 3. The minimum absolute atomic E-state index is 0.182. The first kappa shape index (κ1) is 23.3. The van der Waals surface area contributed by atoms with Crippen LogP contribution < -0.4 is 10.6 Å². The van der Waals surface area contributed by atoms with Crippen molar-refractivity contribution in [3.05, 3.63) is 11.6 Å². The van der Waals surface area contributed by atoms with Gasteiger partial charge >= 0.3 is 0 Å². The van der Waals surface area contributed by atoms with Gasteiger partial charge in [0.25, 0.3) is 0 Å². The van der Waals surface area contributed by atoms with E-state index in [2.05, 4.69) is 16.7 Å². The fraction of sp³-hybridized carbons (Fsp3) is 0.850. The Labute approximate surface area is 181 Å². The molecule has 7 nitrogen and oxygen atoms in total. The SMILES string of the molecule is CSC1OC(C(NC(=O)C2CC(CC=C3CCC3)CN2)C(C)Cl)C(O)C(O)C1O. The number of aliphatic hydroxyl groups is 3. The Bertz CT molecular complexity index is 599. The van der Waals surface area contributed by atoms with Crippen molar-refractivity contribution in [2.24, 2.45) is 5.92 Å². The first-order chi connectivity index (χ1) is 13.8. The summed E-state index contributed by atoms with van der Waals surface area (Å²) in [4.78, 5) is 12.9. The summed E-state index contributed by atoms with van der Waals surface area (Å²) in [6.45, 7) is 2.51. The van der Waals surface area contributed by atoms with Crippen LogP contribution in [-0.2, 0) is 9.53 Å². The summed E-state index contributed by atoms with van der Waals surface area (Å²) in [6.07, 6.45) is 4.68. The van der Waals surface area contributed by atoms with Gasteiger partial charge in [0.05, 0.1) is 17.5 Å². The maximum Gasteiger partial charge on any atom is 0.237 e. The van der Waals surface area contributed by atoms with E-state index < -0.39 is 41.3 Å². The average molecular weight is 449 g/mol. The molecule has 3 fully saturated rings. The molecule has 3 rings (SSSR count). The van der Waals surface area contributed by atoms with E-state index in [0.29, 0.717) is 5.92 Å². The van der Waals surface area contributed by atoms with Crippen LogP contribution in [0.5, 0.6) is 0 Å². The number of amides is 1. The summed E-state index contributed by atoms with van der Waals surface area (Å²) in [5.74, 6) is 0.249. The fourth-order valence-electron chi connectivity index (χ4n) is 4.20. The molecule has 1 amide bonds. The molecule has 166 valence electrons. The van der Waals surface area contributed by atoms with E-state index in [0.717, 1.165) is 19.4 Å². The monoisotopic (exact) mass is 448 g/mol. The lowest BCUT2D eigenvalue weighted by molar-refractivity contribution is -0.205. The molecule has 0 aromatic carbocycles. The van der Waals surface area contributed by atoms with Gasteiger partial charge in [-0.2, -0.15) is 0 Å². The number of nitrogens with one attached hydrogen (secondary N) is 2. The van der Waals surface area contributed by atoms with Gasteiger partial charge in [-0.15, -0.1) is 23.4 Å². The number of ether oxygens (including phenoxy) is 1. The second-order valence-electron chi connectivity index (χ2n) is 8.40. The van der Waals surface area contributed by atoms with Gasteiger partial charge in [-0.3, -0.25) is 4.79 Å². The van der Waals surface area contributed by atoms with Gasteiger partial charge in [0, 0.05) is 0 Å². The first-order valence-electron chi connectivity index (χ1n) is 10.4. The summed E-state index contributed by atoms with van der Waals surface area (Å²) < 4.78 is 5.80. The van der Waals surface area contributed by atoms with Crippen LogP contribution in [0.15, 0.2) is 11.6 Å². The molecular formula is C20H33ClN2O5S. The van der Waals surface area contributed by atoms with E-state index in [1.807, 2.05) is 0 Å². The van der Waals surface area contributed by atoms with Gasteiger partial charge in [0.1, 0.15) is 29.9 Å². The lowest BCUT2D eigenvalue weighted by atomic mass is 9.89. The summed E-state index contributed by atoms with van der Waals surface area (Å²) in [6, 6.07) is -1.01. The zero-order valence-corrected chi connectivity index (χ0v) is 18.5. The van der Waals surface area contributed by atoms with Crippen LogP contribution in [0.4, 0.5) is 0 Å². The molecule has 0 bridgehead atoms. The molecule has 2 aliphatic heterocycles. The molecule has 0 aromatic heterocycles. The minimum Gasteiger partial charge on any atom is -0.388 e. The molecule has 2 saturated heterocycles. The van der Waals surface area contributed by atoms with Crippen molar-refractivity contribution in [1.29, 1.82) is 0 Å². The highest BCUT2D eigenvalue weighted by Gasteiger charge is 2.48. The lowest BCUT2D eigenvalue weighted by Gasteiger charge is -2.44. The molecule has 2 heterocycles. The van der Waals surface area contributed by atoms with Crippen molar-refractivity contribution in [1.82, 2.24) is 10.6 Å². The van der Waals surface area contributed by atoms with E-state index in [4.69, 9.17) is 16.3 Å². The Kier molecular flexibility index (Phi) is 8.29. The second kappa shape index (κ2) is 10.3. The van der Waals surface area contributed by atoms with Crippen molar-refractivity contribution in [2.75, 3.05) is 12.8 Å². The van der Waals surface area contributed by atoms with Gasteiger partial charge in [-0.1, -0.05) is 11.6 Å². The molecule has 0 spiro atoms. The highest BCUT2D eigenvalue weighted by atomic mass is 35.5. The van der Waals surface area contributed by atoms with Gasteiger partial charge in [-0.25, -0.2) is 0 Å². The fourth-order valence-corrected chi connectivity index (χ4v) is 5.08. The van der Waals surface area contributed by atoms with Crippen LogP contribution in [0.2, 0.25) is 0 Å². The molecular weight excluding hydrogens is 416 g/mol. The van der Waals surface area contributed by atoms with Crippen molar-refractivity contribution >= 4 is 29.3 Å². The Balaban J connectivity index is 1.59. The second-order valence-corrected chi connectivity index (χ2v) is 10.0. The molecule has 0 radical (unpaired) electrons. The quantitative estimate of drug-likeness (QED) is 0.288. The zero-order chi connectivity index (χ0) is 21.1. The van der Waals surface area contributed by atoms with E-state index in [-0.39, 0.29) is 11.9 Å². The van der Waals surface area contributed by atoms with Crippen molar-refractivity contribution in [3.63, 3.8) is 0 Å². The number of carbonyl (C=O) groups excluding carboxylic acids is 1. The highest BCUT2D eigenvalue weighted by Crippen LogP contribution is 2.31. The topological polar surface area (TPSA) is 111 Å². The van der Waals surface area contributed by atoms with Crippen molar-refractivity contribution in [2.45, 2.75) is 86.3 Å². The smallest absolute Gasteiger partial charge is 0.237 e. The standard InChI is InChI=1S/C20H33ClN2O5S/c1-10(21)14(18-16(25)15(24)17(26)20(28-18)29-2)23-19(27)13-8-12(9-22-13)7-6-11-4-3-5-11/h6,10,12-18,20,22,24-26H,3-5,7-9H2,1-2H3,(H,23,27). The molecule has 3 aliphatic rings. The van der Waals surface area contributed by atoms with E-state index >= 15 is 0 Å². The largest absolute Gasteiger partial charge is 0.388 e. The normalized spacial score (nSPS) is 39.5. The summed E-state index contributed by atoms with van der Waals surface area (Å²) in [5, 5.41) is 36.3. The lowest BCUT2D eigenvalue weighted by Crippen LogP contribution is -2.65. The van der Waals surface area contributed by atoms with Gasteiger partial charge in [0.15, 0.2) is 0 Å². The maximum atomic E-state index is 12.9. The molecule has 5 N–H and O–H groups in total. The number of alkyl halides is 1. The van der Waals surface area contributed by atoms with E-state index in [1.165, 1.54) is 36.6 Å². The number of hydrogen-bond donors (Lipinski definition) is 5. The first-order valence-corrected chi connectivity index (χ1v) is 12.1. The van der Waals surface area contributed by atoms with Crippen LogP contribution in [0.3, 0.4) is 0 Å². The van der Waals surface area contributed by atoms with Gasteiger partial charge in [0.2, 0.25) is 5.91 Å². The predicted molar refractivity (Wildman–Crippen MR) is 114 cm³/mol. The number of hydrogen-bond acceptors (Lipinski definition) is 7. The van der Waals surface area contributed by atoms with Crippen LogP contribution in [0.25, 0.3) is 0 Å². The van der Waals surface area contributed by atoms with E-state index in [1.54, 1.807) is 13.2 Å². The Hall–Kier alpha value is -0.350. The number of thioether (sulfide) groups is 1. The molecule has 1 aliphatic carbocycles. The average Bonchev–Trinajstić information content (AvgIpc) is 3.12. The summed E-state index contributed by atoms with van der Waals surface area (Å²) in [7, 11) is 0. The zero-order valence-electron chi connectivity index (χ0n) is 17.0.